The van der Waals surface area contributed by atoms with Gasteiger partial charge in [-0.15, -0.1) is 96.7 Å². The van der Waals surface area contributed by atoms with Gasteiger partial charge in [-0.2, -0.15) is 0 Å². The Balaban J connectivity index is 0.000000166. The Morgan fingerprint density at radius 1 is 0.193 bits per heavy atom. The van der Waals surface area contributed by atoms with Crippen LogP contribution in [0.15, 0.2) is 0 Å². The third kappa shape index (κ3) is 20.9. The van der Waals surface area contributed by atoms with Crippen LogP contribution in [0.25, 0.3) is 48.1 Å². The minimum atomic E-state index is 0. The van der Waals surface area contributed by atoms with Crippen molar-refractivity contribution in [2.75, 3.05) is 11.7 Å². The summed E-state index contributed by atoms with van der Waals surface area (Å²) in [7, 11) is 0. The molecule has 8 aliphatic carbocycles. The summed E-state index contributed by atoms with van der Waals surface area (Å²) >= 11 is 0. The van der Waals surface area contributed by atoms with E-state index in [0.717, 1.165) is 104 Å². The maximum atomic E-state index is 6.09. The summed E-state index contributed by atoms with van der Waals surface area (Å²) in [6, 6.07) is 9.19. The maximum absolute atomic E-state index is 6.09. The van der Waals surface area contributed by atoms with Gasteiger partial charge < -0.3 is 76.3 Å². The van der Waals surface area contributed by atoms with Gasteiger partial charge in [0.05, 0.1) is 0 Å². The van der Waals surface area contributed by atoms with E-state index in [4.69, 9.17) is 54.2 Å². The molecule has 16 bridgehead atoms. The first kappa shape index (κ1) is 86.3. The summed E-state index contributed by atoms with van der Waals surface area (Å²) in [4.78, 5) is 2.06. The zero-order chi connectivity index (χ0) is 71.7. The molecule has 109 heavy (non-hydrogen) atoms. The summed E-state index contributed by atoms with van der Waals surface area (Å²) in [5, 5.41) is 52.0. The molecule has 8 saturated carbocycles. The van der Waals surface area contributed by atoms with Crippen LogP contribution in [0.4, 0.5) is 0 Å². The number of nitrogens with zero attached hydrogens (tertiary/aromatic N) is 12. The molecule has 10 aliphatic heterocycles. The molecule has 11 heterocycles. The second-order valence-electron chi connectivity index (χ2n) is 39.8. The zero-order valence-corrected chi connectivity index (χ0v) is 70.4. The largest absolute Gasteiger partial charge is 0.656 e. The van der Waals surface area contributed by atoms with Gasteiger partial charge in [0.15, 0.2) is 0 Å². The van der Waals surface area contributed by atoms with Crippen LogP contribution in [-0.4, -0.2) is 112 Å². The van der Waals surface area contributed by atoms with Gasteiger partial charge in [-0.25, -0.2) is 15.0 Å². The van der Waals surface area contributed by atoms with Gasteiger partial charge in [0, 0.05) is 34.1 Å². The first-order valence-electron chi connectivity index (χ1n) is 47.3. The van der Waals surface area contributed by atoms with Gasteiger partial charge in [-0.3, -0.25) is 11.7 Å². The Labute approximate surface area is 683 Å². The van der Waals surface area contributed by atoms with Crippen LogP contribution >= 0.6 is 0 Å². The van der Waals surface area contributed by atoms with Crippen LogP contribution in [0, 0.1) is 94.7 Å². The number of nitrogens with one attached hydrogen (secondary N) is 2. The van der Waals surface area contributed by atoms with E-state index in [1.807, 2.05) is 11.1 Å². The maximum Gasteiger partial charge on any atom is 0 e. The number of hydrogen-bond donors (Lipinski definition) is 6. The predicted octanol–water partition coefficient (Wildman–Crippen LogP) is 19.8. The van der Waals surface area contributed by atoms with Crippen molar-refractivity contribution in [3.05, 3.63) is 48.1 Å². The van der Waals surface area contributed by atoms with Crippen LogP contribution in [0.3, 0.4) is 0 Å². The Hall–Kier alpha value is -0.521. The fourth-order valence-corrected chi connectivity index (χ4v) is 29.9. The van der Waals surface area contributed by atoms with E-state index in [0.29, 0.717) is 96.7 Å². The molecule has 16 atom stereocenters. The Morgan fingerprint density at radius 3 is 0.367 bits per heavy atom. The van der Waals surface area contributed by atoms with Crippen molar-refractivity contribution in [2.45, 2.75) is 456 Å². The molecule has 16 unspecified atom stereocenters. The Morgan fingerprint density at radius 2 is 0.294 bits per heavy atom. The fraction of sp³-hybridized carbons (Fsp3) is 1.00. The van der Waals surface area contributed by atoms with Gasteiger partial charge in [0.2, 0.25) is 0 Å². The van der Waals surface area contributed by atoms with E-state index in [-0.39, 0.29) is 39.6 Å². The first-order valence-corrected chi connectivity index (χ1v) is 47.3. The standard InChI is InChI=1S/2C44H72N4.2Mn.H4N5.H6N5.H2O/c2*1-5-13-29(14-6-1)41-33-21-23-35(45-33)42(30-15-7-2-8-16-30)37-25-27-39(47-37)44(32-19-11-4-12-20-32)40-28-26-38(48-40)43(31-17-9-3-10-18-31)36-24-22-34(41)46-36;;;1-4-3-5(4)2;1-3-5-4-2;/h2*29-44H,1-28H2;;;1-2H2;3-4H,1-2H2;1H2/q2*-4;;;2*-1;. The molecule has 18 aliphatic rings. The van der Waals surface area contributed by atoms with Gasteiger partial charge in [-0.1, -0.05) is 407 Å². The van der Waals surface area contributed by atoms with E-state index in [9.17, 15) is 0 Å². The van der Waals surface area contributed by atoms with E-state index < -0.39 is 0 Å². The van der Waals surface area contributed by atoms with Crippen molar-refractivity contribution in [3.8, 4) is 0 Å². The van der Waals surface area contributed by atoms with Crippen LogP contribution in [0.1, 0.15) is 360 Å². The molecule has 0 spiro atoms. The Kier molecular flexibility index (Phi) is 33.6. The van der Waals surface area contributed by atoms with Crippen molar-refractivity contribution in [3.63, 3.8) is 0 Å². The minimum absolute atomic E-state index is 0. The first-order chi connectivity index (χ1) is 52.3. The van der Waals surface area contributed by atoms with Crippen LogP contribution < -0.4 is 39.7 Å². The van der Waals surface area contributed by atoms with Crippen molar-refractivity contribution < 1.29 is 39.6 Å². The molecule has 21 heteroatoms. The van der Waals surface area contributed by atoms with E-state index >= 15 is 0 Å². The second-order valence-corrected chi connectivity index (χ2v) is 39.8. The number of hydrogen-bond acceptors (Lipinski definition) is 6. The monoisotopic (exact) mass is 1590 g/mol. The second kappa shape index (κ2) is 42.4. The van der Waals surface area contributed by atoms with E-state index in [2.05, 4.69) is 22.4 Å². The molecular weight excluding hydrogens is 1430 g/mol. The minimum Gasteiger partial charge on any atom is -0.656 e. The normalized spacial score (nSPS) is 42.7. The summed E-state index contributed by atoms with van der Waals surface area (Å²) in [5.74, 6) is 31.6. The summed E-state index contributed by atoms with van der Waals surface area (Å²) in [5.41, 5.74) is 6.84. The third-order valence-electron chi connectivity index (χ3n) is 34.3. The number of rotatable bonds is 10. The van der Waals surface area contributed by atoms with Crippen LogP contribution in [-0.2, 0) is 34.1 Å². The van der Waals surface area contributed by atoms with Crippen molar-refractivity contribution in [1.82, 2.24) is 26.1 Å². The van der Waals surface area contributed by atoms with Gasteiger partial charge >= 0.3 is 0 Å². The molecule has 2 radical (unpaired) electrons. The quantitative estimate of drug-likeness (QED) is 0.0746. The molecule has 1 aromatic heterocycles. The number of nitrogens with two attached hydrogens (primary N) is 4. The summed E-state index contributed by atoms with van der Waals surface area (Å²) in [6.07, 6.45) is 80.0. The van der Waals surface area contributed by atoms with E-state index in [1.54, 1.807) is 0 Å². The van der Waals surface area contributed by atoms with E-state index in [1.165, 1.54) is 360 Å². The fourth-order valence-electron chi connectivity index (χ4n) is 29.9. The number of nitrogen functional groups attached to an aromatic ring is 2. The van der Waals surface area contributed by atoms with Crippen LogP contribution in [0.2, 0.25) is 0 Å². The average Bonchev–Trinajstić information content (AvgIpc) is 1.62. The number of hydrazine groups is 2. The molecule has 12 N–H and O–H groups in total. The van der Waals surface area contributed by atoms with Crippen LogP contribution in [0.5, 0.6) is 0 Å². The Bertz CT molecular complexity index is 2100. The molecule has 19 rings (SSSR count). The van der Waals surface area contributed by atoms with Gasteiger partial charge in [0.25, 0.3) is 0 Å². The molecule has 18 fully saturated rings. The van der Waals surface area contributed by atoms with Crippen molar-refractivity contribution in [2.24, 2.45) is 106 Å². The summed E-state index contributed by atoms with van der Waals surface area (Å²) in [6.45, 7) is 0. The topological polar surface area (TPSA) is 310 Å². The number of aromatic nitrogens is 3. The molecule has 19 nitrogen and oxygen atoms in total. The molecule has 0 amide bonds. The zero-order valence-electron chi connectivity index (χ0n) is 68.0. The molecule has 628 valence electrons. The smallest absolute Gasteiger partial charge is 0 e. The van der Waals surface area contributed by atoms with Gasteiger partial charge in [-0.05, 0) is 47.3 Å². The van der Waals surface area contributed by atoms with Gasteiger partial charge in [0.1, 0.15) is 0 Å². The predicted molar refractivity (Wildman–Crippen MR) is 440 cm³/mol. The van der Waals surface area contributed by atoms with Crippen molar-refractivity contribution >= 4 is 0 Å². The molecule has 0 aromatic carbocycles. The third-order valence-corrected chi connectivity index (χ3v) is 34.3. The average molecular weight is 1590 g/mol. The SMILES string of the molecule is C1CCC(C2C3CCC([N-]3)C(C3CCCCC3)C3CCC([N-]3)C(C3CCCCC3)C3CCC([N-]3)C(C3CCCCC3)C3CCC2[N-]3)CC1.C1CCC(C2C3CCC([N-]3)C(C3CCCCC3)C3CCC([N-]3)C(C3CCCCC3)C3CCC([N-]3)C(C3CCCCC3)C3CCC2[N-]3)CC1.NN[N-]NN.Nn1[n-]n1N.O.[Mn].[Mn]. The number of fused-ring (bicyclic) bond motifs is 16. The summed E-state index contributed by atoms with van der Waals surface area (Å²) < 4.78 is 0. The molecule has 10 saturated heterocycles. The van der Waals surface area contributed by atoms with Crippen molar-refractivity contribution in [1.29, 1.82) is 0 Å². The molecular formula is C88H156Mn2N18O-10. The molecule has 1 aromatic rings.